The highest BCUT2D eigenvalue weighted by Gasteiger charge is 2.30. The van der Waals surface area contributed by atoms with Gasteiger partial charge in [0.15, 0.2) is 10.9 Å². The number of nitrogens with two attached hydrogens (primary N) is 1. The van der Waals surface area contributed by atoms with Crippen molar-refractivity contribution in [2.45, 2.75) is 57.3 Å². The molecule has 0 radical (unpaired) electrons. The maximum atomic E-state index is 13.0. The van der Waals surface area contributed by atoms with Gasteiger partial charge in [0.1, 0.15) is 5.82 Å². The van der Waals surface area contributed by atoms with Crippen LogP contribution in [0.5, 0.6) is 0 Å². The smallest absolute Gasteiger partial charge is 0.217 e. The number of Topliss-reactive ketones (excluding diaryl/α,β-unsaturated/α-hetero) is 1. The van der Waals surface area contributed by atoms with Crippen molar-refractivity contribution in [2.75, 3.05) is 5.75 Å². The lowest BCUT2D eigenvalue weighted by Gasteiger charge is -2.10. The van der Waals surface area contributed by atoms with E-state index < -0.39 is 0 Å². The molecule has 1 amide bonds. The SMILES string of the molecule is Cc1cc(C(=O)CSc2nnc(CCC(N)=O)n2C2CC2)c(C)n1Cc1ccccc1. The molecule has 2 heterocycles. The summed E-state index contributed by atoms with van der Waals surface area (Å²) < 4.78 is 4.27. The molecule has 31 heavy (non-hydrogen) atoms. The summed E-state index contributed by atoms with van der Waals surface area (Å²) in [7, 11) is 0. The molecule has 7 nitrogen and oxygen atoms in total. The van der Waals surface area contributed by atoms with Crippen LogP contribution in [-0.2, 0) is 17.8 Å². The fraction of sp³-hybridized carbons (Fsp3) is 0.391. The molecular weight excluding hydrogens is 410 g/mol. The van der Waals surface area contributed by atoms with Gasteiger partial charge in [-0.15, -0.1) is 10.2 Å². The van der Waals surface area contributed by atoms with Crippen LogP contribution in [0.4, 0.5) is 0 Å². The van der Waals surface area contributed by atoms with E-state index in [1.807, 2.05) is 38.1 Å². The molecule has 3 aromatic rings. The lowest BCUT2D eigenvalue weighted by Crippen LogP contribution is -2.13. The monoisotopic (exact) mass is 437 g/mol. The molecule has 8 heteroatoms. The zero-order chi connectivity index (χ0) is 22.0. The lowest BCUT2D eigenvalue weighted by atomic mass is 10.2. The summed E-state index contributed by atoms with van der Waals surface area (Å²) in [6.07, 6.45) is 2.88. The summed E-state index contributed by atoms with van der Waals surface area (Å²) in [5.74, 6) is 0.815. The van der Waals surface area contributed by atoms with Crippen molar-refractivity contribution in [1.29, 1.82) is 0 Å². The topological polar surface area (TPSA) is 95.8 Å². The summed E-state index contributed by atoms with van der Waals surface area (Å²) in [4.78, 5) is 24.2. The van der Waals surface area contributed by atoms with Crippen LogP contribution in [0.15, 0.2) is 41.6 Å². The highest BCUT2D eigenvalue weighted by atomic mass is 32.2. The van der Waals surface area contributed by atoms with E-state index in [2.05, 4.69) is 31.5 Å². The van der Waals surface area contributed by atoms with Crippen molar-refractivity contribution in [3.8, 4) is 0 Å². The first-order valence-electron chi connectivity index (χ1n) is 10.5. The van der Waals surface area contributed by atoms with Crippen molar-refractivity contribution in [1.82, 2.24) is 19.3 Å². The minimum Gasteiger partial charge on any atom is -0.370 e. The Morgan fingerprint density at radius 1 is 1.16 bits per heavy atom. The van der Waals surface area contributed by atoms with Gasteiger partial charge >= 0.3 is 0 Å². The molecule has 0 atom stereocenters. The second-order valence-electron chi connectivity index (χ2n) is 8.03. The molecular formula is C23H27N5O2S. The zero-order valence-electron chi connectivity index (χ0n) is 17.9. The van der Waals surface area contributed by atoms with Crippen molar-refractivity contribution in [3.63, 3.8) is 0 Å². The second-order valence-corrected chi connectivity index (χ2v) is 8.98. The third kappa shape index (κ3) is 4.90. The van der Waals surface area contributed by atoms with E-state index in [0.29, 0.717) is 18.2 Å². The van der Waals surface area contributed by atoms with Crippen LogP contribution in [0.2, 0.25) is 0 Å². The molecule has 2 aromatic heterocycles. The Hall–Kier alpha value is -2.87. The van der Waals surface area contributed by atoms with Crippen LogP contribution in [0.25, 0.3) is 0 Å². The number of ketones is 1. The first-order valence-corrected chi connectivity index (χ1v) is 11.5. The number of carbonyl (C=O) groups excluding carboxylic acids is 2. The fourth-order valence-corrected chi connectivity index (χ4v) is 4.72. The van der Waals surface area contributed by atoms with Crippen molar-refractivity contribution >= 4 is 23.5 Å². The first kappa shape index (κ1) is 21.4. The largest absolute Gasteiger partial charge is 0.370 e. The van der Waals surface area contributed by atoms with Gasteiger partial charge in [-0.3, -0.25) is 9.59 Å². The van der Waals surface area contributed by atoms with Crippen LogP contribution in [-0.4, -0.2) is 36.8 Å². The average Bonchev–Trinajstić information content (AvgIpc) is 3.45. The number of hydrogen-bond acceptors (Lipinski definition) is 5. The number of primary amides is 1. The van der Waals surface area contributed by atoms with Gasteiger partial charge in [0.25, 0.3) is 0 Å². The molecule has 1 aliphatic carbocycles. The van der Waals surface area contributed by atoms with Gasteiger partial charge in [0.05, 0.1) is 5.75 Å². The van der Waals surface area contributed by atoms with Gasteiger partial charge in [-0.2, -0.15) is 0 Å². The van der Waals surface area contributed by atoms with Gasteiger partial charge in [-0.1, -0.05) is 42.1 Å². The molecule has 0 bridgehead atoms. The number of aryl methyl sites for hydroxylation is 2. The van der Waals surface area contributed by atoms with Crippen LogP contribution < -0.4 is 5.73 Å². The zero-order valence-corrected chi connectivity index (χ0v) is 18.7. The van der Waals surface area contributed by atoms with Crippen molar-refractivity contribution in [2.24, 2.45) is 5.73 Å². The predicted octanol–water partition coefficient (Wildman–Crippen LogP) is 3.47. The van der Waals surface area contributed by atoms with E-state index in [1.54, 1.807) is 0 Å². The van der Waals surface area contributed by atoms with E-state index in [1.165, 1.54) is 17.3 Å². The van der Waals surface area contributed by atoms with Crippen LogP contribution in [0.3, 0.4) is 0 Å². The van der Waals surface area contributed by atoms with E-state index in [-0.39, 0.29) is 18.1 Å². The number of thioether (sulfide) groups is 1. The standard InChI is InChI=1S/C23H27N5O2S/c1-15-12-19(16(2)27(15)13-17-6-4-3-5-7-17)20(29)14-31-23-26-25-22(11-10-21(24)30)28(23)18-8-9-18/h3-7,12,18H,8-11,13-14H2,1-2H3,(H2,24,30). The highest BCUT2D eigenvalue weighted by Crippen LogP contribution is 2.39. The third-order valence-electron chi connectivity index (χ3n) is 5.63. The lowest BCUT2D eigenvalue weighted by molar-refractivity contribution is -0.118. The number of hydrogen-bond donors (Lipinski definition) is 1. The number of aromatic nitrogens is 4. The van der Waals surface area contributed by atoms with Crippen molar-refractivity contribution in [3.05, 3.63) is 64.7 Å². The summed E-state index contributed by atoms with van der Waals surface area (Å²) in [5.41, 5.74) is 9.30. The number of carbonyl (C=O) groups is 2. The van der Waals surface area contributed by atoms with E-state index in [4.69, 9.17) is 5.73 Å². The molecule has 1 aliphatic rings. The molecule has 162 valence electrons. The molecule has 0 unspecified atom stereocenters. The fourth-order valence-electron chi connectivity index (χ4n) is 3.81. The number of amides is 1. The van der Waals surface area contributed by atoms with Crippen molar-refractivity contribution < 1.29 is 9.59 Å². The van der Waals surface area contributed by atoms with Crippen LogP contribution in [0.1, 0.15) is 58.4 Å². The summed E-state index contributed by atoms with van der Waals surface area (Å²) in [6, 6.07) is 12.6. The Bertz CT molecular complexity index is 1100. The van der Waals surface area contributed by atoms with Gasteiger partial charge < -0.3 is 14.9 Å². The Morgan fingerprint density at radius 2 is 1.90 bits per heavy atom. The summed E-state index contributed by atoms with van der Waals surface area (Å²) in [6.45, 7) is 4.79. The first-order chi connectivity index (χ1) is 14.9. The number of benzene rings is 1. The van der Waals surface area contributed by atoms with E-state index >= 15 is 0 Å². The normalized spacial score (nSPS) is 13.5. The molecule has 4 rings (SSSR count). The Kier molecular flexibility index (Phi) is 6.27. The summed E-state index contributed by atoms with van der Waals surface area (Å²) in [5, 5.41) is 9.28. The molecule has 0 aliphatic heterocycles. The quantitative estimate of drug-likeness (QED) is 0.387. The molecule has 0 saturated heterocycles. The van der Waals surface area contributed by atoms with E-state index in [9.17, 15) is 9.59 Å². The molecule has 1 aromatic carbocycles. The minimum absolute atomic E-state index is 0.0847. The molecule has 2 N–H and O–H groups in total. The van der Waals surface area contributed by atoms with Crippen LogP contribution in [0, 0.1) is 13.8 Å². The van der Waals surface area contributed by atoms with Crippen LogP contribution >= 0.6 is 11.8 Å². The molecule has 1 saturated carbocycles. The van der Waals surface area contributed by atoms with Gasteiger partial charge in [0.2, 0.25) is 5.91 Å². The molecule has 0 spiro atoms. The molecule has 1 fully saturated rings. The predicted molar refractivity (Wildman–Crippen MR) is 120 cm³/mol. The maximum absolute atomic E-state index is 13.0. The van der Waals surface area contributed by atoms with Gasteiger partial charge in [-0.25, -0.2) is 0 Å². The number of nitrogens with zero attached hydrogens (tertiary/aromatic N) is 4. The van der Waals surface area contributed by atoms with E-state index in [0.717, 1.165) is 47.3 Å². The Labute approximate surface area is 186 Å². The third-order valence-corrected chi connectivity index (χ3v) is 6.58. The average molecular weight is 438 g/mol. The minimum atomic E-state index is -0.347. The Balaban J connectivity index is 1.46. The summed E-state index contributed by atoms with van der Waals surface area (Å²) >= 11 is 1.42. The van der Waals surface area contributed by atoms with Gasteiger partial charge in [0, 0.05) is 42.4 Å². The highest BCUT2D eigenvalue weighted by molar-refractivity contribution is 7.99. The maximum Gasteiger partial charge on any atom is 0.217 e. The number of rotatable bonds is 10. The Morgan fingerprint density at radius 3 is 2.58 bits per heavy atom. The second kappa shape index (κ2) is 9.09. The van der Waals surface area contributed by atoms with Gasteiger partial charge in [-0.05, 0) is 38.3 Å².